The van der Waals surface area contributed by atoms with Crippen LogP contribution in [-0.4, -0.2) is 37.9 Å². The Labute approximate surface area is 138 Å². The number of rotatable bonds is 8. The highest BCUT2D eigenvalue weighted by Crippen LogP contribution is 2.34. The molecule has 0 spiro atoms. The average Bonchev–Trinajstić information content (AvgIpc) is 2.97. The summed E-state index contributed by atoms with van der Waals surface area (Å²) in [5, 5.41) is 14.3. The van der Waals surface area contributed by atoms with Crippen molar-refractivity contribution in [2.75, 3.05) is 38.3 Å². The molecule has 22 heavy (non-hydrogen) atoms. The molecular formula is C14H18Cl2N2O4. The fraction of sp³-hybridized carbons (Fsp3) is 0.571. The van der Waals surface area contributed by atoms with Gasteiger partial charge in [0.15, 0.2) is 0 Å². The van der Waals surface area contributed by atoms with Crippen LogP contribution in [0.2, 0.25) is 10.0 Å². The molecule has 122 valence electrons. The summed E-state index contributed by atoms with van der Waals surface area (Å²) in [7, 11) is 0. The van der Waals surface area contributed by atoms with E-state index < -0.39 is 4.92 Å². The summed E-state index contributed by atoms with van der Waals surface area (Å²) in [5.41, 5.74) is 0.390. The van der Waals surface area contributed by atoms with E-state index in [1.54, 1.807) is 0 Å². The number of anilines is 1. The number of non-ortho nitro benzene ring substituents is 1. The summed E-state index contributed by atoms with van der Waals surface area (Å²) in [5.74, 6) is 0.506. The largest absolute Gasteiger partial charge is 0.383 e. The van der Waals surface area contributed by atoms with Gasteiger partial charge in [0.25, 0.3) is 5.69 Å². The highest BCUT2D eigenvalue weighted by atomic mass is 35.5. The third-order valence-electron chi connectivity index (χ3n) is 3.38. The minimum Gasteiger partial charge on any atom is -0.383 e. The van der Waals surface area contributed by atoms with Gasteiger partial charge in [-0.15, -0.1) is 0 Å². The van der Waals surface area contributed by atoms with Gasteiger partial charge >= 0.3 is 0 Å². The second-order valence-electron chi connectivity index (χ2n) is 5.13. The highest BCUT2D eigenvalue weighted by Gasteiger charge is 2.16. The Kier molecular flexibility index (Phi) is 6.70. The summed E-state index contributed by atoms with van der Waals surface area (Å²) in [6.07, 6.45) is 1.85. The molecule has 1 atom stereocenters. The van der Waals surface area contributed by atoms with E-state index in [0.717, 1.165) is 32.7 Å². The van der Waals surface area contributed by atoms with E-state index in [-0.39, 0.29) is 15.7 Å². The summed E-state index contributed by atoms with van der Waals surface area (Å²) in [6, 6.07) is 2.57. The summed E-state index contributed by atoms with van der Waals surface area (Å²) >= 11 is 12.0. The monoisotopic (exact) mass is 348 g/mol. The van der Waals surface area contributed by atoms with Gasteiger partial charge in [0.05, 0.1) is 33.9 Å². The molecule has 0 bridgehead atoms. The van der Waals surface area contributed by atoms with E-state index >= 15 is 0 Å². The van der Waals surface area contributed by atoms with Gasteiger partial charge < -0.3 is 14.8 Å². The lowest BCUT2D eigenvalue weighted by molar-refractivity contribution is -0.384. The Morgan fingerprint density at radius 3 is 2.73 bits per heavy atom. The number of hydrogen-bond acceptors (Lipinski definition) is 5. The van der Waals surface area contributed by atoms with E-state index in [1.165, 1.54) is 12.1 Å². The van der Waals surface area contributed by atoms with Gasteiger partial charge in [-0.2, -0.15) is 0 Å². The maximum atomic E-state index is 10.7. The zero-order valence-electron chi connectivity index (χ0n) is 12.0. The number of hydrogen-bond donors (Lipinski definition) is 1. The van der Waals surface area contributed by atoms with Crippen LogP contribution >= 0.6 is 23.2 Å². The van der Waals surface area contributed by atoms with Crippen LogP contribution < -0.4 is 5.32 Å². The second kappa shape index (κ2) is 8.53. The molecule has 0 amide bonds. The zero-order chi connectivity index (χ0) is 15.9. The van der Waals surface area contributed by atoms with Crippen LogP contribution in [0.15, 0.2) is 12.1 Å². The van der Waals surface area contributed by atoms with Crippen molar-refractivity contribution >= 4 is 34.6 Å². The molecule has 1 aromatic rings. The molecular weight excluding hydrogens is 331 g/mol. The molecule has 1 unspecified atom stereocenters. The molecule has 2 rings (SSSR count). The fourth-order valence-electron chi connectivity index (χ4n) is 2.19. The van der Waals surface area contributed by atoms with Crippen molar-refractivity contribution in [3.63, 3.8) is 0 Å². The lowest BCUT2D eigenvalue weighted by Crippen LogP contribution is -2.12. The molecule has 1 fully saturated rings. The molecule has 1 aromatic carbocycles. The number of nitrogens with zero attached hydrogens (tertiary/aromatic N) is 1. The van der Waals surface area contributed by atoms with Crippen LogP contribution in [0.1, 0.15) is 12.8 Å². The van der Waals surface area contributed by atoms with Crippen molar-refractivity contribution in [1.82, 2.24) is 0 Å². The third kappa shape index (κ3) is 4.98. The quantitative estimate of drug-likeness (QED) is 0.439. The van der Waals surface area contributed by atoms with Gasteiger partial charge in [-0.25, -0.2) is 0 Å². The molecule has 8 heteroatoms. The van der Waals surface area contributed by atoms with E-state index in [0.29, 0.717) is 24.8 Å². The minimum atomic E-state index is -0.526. The summed E-state index contributed by atoms with van der Waals surface area (Å²) < 4.78 is 10.9. The first-order chi connectivity index (χ1) is 10.6. The van der Waals surface area contributed by atoms with Crippen LogP contribution in [0.4, 0.5) is 11.4 Å². The molecule has 1 aliphatic rings. The molecule has 1 aliphatic heterocycles. The number of nitrogens with one attached hydrogen (secondary N) is 1. The summed E-state index contributed by atoms with van der Waals surface area (Å²) in [6.45, 7) is 3.59. The third-order valence-corrected chi connectivity index (χ3v) is 3.98. The molecule has 6 nitrogen and oxygen atoms in total. The smallest absolute Gasteiger partial charge is 0.272 e. The Morgan fingerprint density at radius 2 is 2.14 bits per heavy atom. The number of benzene rings is 1. The maximum Gasteiger partial charge on any atom is 0.272 e. The molecule has 1 saturated heterocycles. The predicted octanol–water partition coefficient (Wildman–Crippen LogP) is 3.76. The average molecular weight is 349 g/mol. The van der Waals surface area contributed by atoms with Crippen LogP contribution in [-0.2, 0) is 9.47 Å². The molecule has 0 saturated carbocycles. The molecule has 0 aliphatic carbocycles. The van der Waals surface area contributed by atoms with Crippen LogP contribution in [0, 0.1) is 16.0 Å². The SMILES string of the molecule is O=[N+]([O-])c1cc(Cl)c(NCCCOCC2CCOC2)c(Cl)c1. The molecule has 0 radical (unpaired) electrons. The standard InChI is InChI=1S/C14H18Cl2N2O4/c15-12-6-11(18(19)20)7-13(16)14(12)17-3-1-4-21-8-10-2-5-22-9-10/h6-7,10,17H,1-5,8-9H2. The van der Waals surface area contributed by atoms with Crippen molar-refractivity contribution < 1.29 is 14.4 Å². The topological polar surface area (TPSA) is 73.6 Å². The first-order valence-electron chi connectivity index (χ1n) is 7.10. The van der Waals surface area contributed by atoms with Crippen LogP contribution in [0.5, 0.6) is 0 Å². The van der Waals surface area contributed by atoms with E-state index in [4.69, 9.17) is 32.7 Å². The van der Waals surface area contributed by atoms with Gasteiger partial charge in [0.1, 0.15) is 0 Å². The predicted molar refractivity (Wildman–Crippen MR) is 86.0 cm³/mol. The summed E-state index contributed by atoms with van der Waals surface area (Å²) in [4.78, 5) is 10.2. The fourth-order valence-corrected chi connectivity index (χ4v) is 2.80. The Bertz CT molecular complexity index is 499. The first kappa shape index (κ1) is 17.3. The normalized spacial score (nSPS) is 17.6. The van der Waals surface area contributed by atoms with Gasteiger partial charge in [-0.1, -0.05) is 23.2 Å². The lowest BCUT2D eigenvalue weighted by Gasteiger charge is -2.11. The Morgan fingerprint density at radius 1 is 1.41 bits per heavy atom. The van der Waals surface area contributed by atoms with Crippen molar-refractivity contribution in [3.05, 3.63) is 32.3 Å². The molecule has 1 N–H and O–H groups in total. The van der Waals surface area contributed by atoms with Crippen LogP contribution in [0.3, 0.4) is 0 Å². The van der Waals surface area contributed by atoms with Crippen LogP contribution in [0.25, 0.3) is 0 Å². The molecule has 0 aromatic heterocycles. The van der Waals surface area contributed by atoms with E-state index in [2.05, 4.69) is 5.32 Å². The van der Waals surface area contributed by atoms with Crippen molar-refractivity contribution in [1.29, 1.82) is 0 Å². The number of nitro benzene ring substituents is 1. The Hall–Kier alpha value is -1.08. The maximum absolute atomic E-state index is 10.7. The van der Waals surface area contributed by atoms with Gasteiger partial charge in [-0.05, 0) is 12.8 Å². The first-order valence-corrected chi connectivity index (χ1v) is 7.86. The molecule has 1 heterocycles. The van der Waals surface area contributed by atoms with Gasteiger partial charge in [0.2, 0.25) is 0 Å². The van der Waals surface area contributed by atoms with Crippen molar-refractivity contribution in [2.45, 2.75) is 12.8 Å². The van der Waals surface area contributed by atoms with Gasteiger partial charge in [0, 0.05) is 37.8 Å². The highest BCUT2D eigenvalue weighted by molar-refractivity contribution is 6.39. The van der Waals surface area contributed by atoms with Crippen molar-refractivity contribution in [2.24, 2.45) is 5.92 Å². The second-order valence-corrected chi connectivity index (χ2v) is 5.94. The number of halogens is 2. The number of ether oxygens (including phenoxy) is 2. The van der Waals surface area contributed by atoms with Gasteiger partial charge in [-0.3, -0.25) is 10.1 Å². The Balaban J connectivity index is 1.71. The van der Waals surface area contributed by atoms with E-state index in [9.17, 15) is 10.1 Å². The van der Waals surface area contributed by atoms with Crippen molar-refractivity contribution in [3.8, 4) is 0 Å². The van der Waals surface area contributed by atoms with E-state index in [1.807, 2.05) is 0 Å². The zero-order valence-corrected chi connectivity index (χ0v) is 13.5. The minimum absolute atomic E-state index is 0.123. The lowest BCUT2D eigenvalue weighted by atomic mass is 10.1. The number of nitro groups is 1.